The number of likely N-dealkylation sites (tertiary alicyclic amines) is 1. The van der Waals surface area contributed by atoms with Gasteiger partial charge in [0.15, 0.2) is 5.69 Å². The van der Waals surface area contributed by atoms with Gasteiger partial charge in [-0.2, -0.15) is 0 Å². The minimum absolute atomic E-state index is 0.0465. The molecule has 0 radical (unpaired) electrons. The molecule has 1 aliphatic rings. The van der Waals surface area contributed by atoms with Gasteiger partial charge in [-0.15, -0.1) is 0 Å². The number of carbonyl (C=O) groups excluding carboxylic acids is 1. The molecule has 2 rings (SSSR count). The van der Waals surface area contributed by atoms with E-state index >= 15 is 0 Å². The van der Waals surface area contributed by atoms with Crippen LogP contribution in [0.5, 0.6) is 5.75 Å². The summed E-state index contributed by atoms with van der Waals surface area (Å²) in [7, 11) is 0. The summed E-state index contributed by atoms with van der Waals surface area (Å²) in [5.74, 6) is -0.453. The second-order valence-corrected chi connectivity index (χ2v) is 4.70. The maximum absolute atomic E-state index is 12.1. The van der Waals surface area contributed by atoms with Crippen LogP contribution in [0.4, 0.5) is 0 Å². The maximum Gasteiger partial charge on any atom is 0.276 e. The molecular formula is C12H16N2O3. The zero-order valence-electron chi connectivity index (χ0n) is 9.76. The lowest BCUT2D eigenvalue weighted by Crippen LogP contribution is -2.48. The van der Waals surface area contributed by atoms with Crippen LogP contribution in [-0.4, -0.2) is 44.7 Å². The minimum Gasteiger partial charge on any atom is -0.505 e. The highest BCUT2D eigenvalue weighted by molar-refractivity contribution is 5.94. The van der Waals surface area contributed by atoms with Gasteiger partial charge in [-0.3, -0.25) is 4.79 Å². The lowest BCUT2D eigenvalue weighted by Gasteiger charge is -2.36. The lowest BCUT2D eigenvalue weighted by atomic mass is 9.95. The predicted molar refractivity (Wildman–Crippen MR) is 61.7 cm³/mol. The van der Waals surface area contributed by atoms with E-state index in [2.05, 4.69) is 4.98 Å². The number of aliphatic hydroxyl groups is 1. The molecule has 0 bridgehead atoms. The molecule has 1 saturated heterocycles. The number of piperidine rings is 1. The fourth-order valence-corrected chi connectivity index (χ4v) is 2.10. The summed E-state index contributed by atoms with van der Waals surface area (Å²) >= 11 is 0. The summed E-state index contributed by atoms with van der Waals surface area (Å²) in [6, 6.07) is 3.00. The first-order chi connectivity index (χ1) is 7.99. The molecule has 1 aliphatic heterocycles. The van der Waals surface area contributed by atoms with Crippen molar-refractivity contribution in [3.05, 3.63) is 24.0 Å². The van der Waals surface area contributed by atoms with Gasteiger partial charge in [0, 0.05) is 19.3 Å². The Morgan fingerprint density at radius 2 is 2.35 bits per heavy atom. The van der Waals surface area contributed by atoms with E-state index in [-0.39, 0.29) is 23.9 Å². The van der Waals surface area contributed by atoms with Crippen molar-refractivity contribution in [1.29, 1.82) is 0 Å². The summed E-state index contributed by atoms with van der Waals surface area (Å²) in [6.07, 6.45) is 2.91. The van der Waals surface area contributed by atoms with Crippen molar-refractivity contribution in [2.24, 2.45) is 0 Å². The fraction of sp³-hybridized carbons (Fsp3) is 0.500. The van der Waals surface area contributed by atoms with Gasteiger partial charge in [0.1, 0.15) is 5.75 Å². The van der Waals surface area contributed by atoms with Crippen molar-refractivity contribution in [2.45, 2.75) is 25.4 Å². The van der Waals surface area contributed by atoms with Crippen molar-refractivity contribution in [2.75, 3.05) is 13.1 Å². The van der Waals surface area contributed by atoms with E-state index in [1.165, 1.54) is 17.2 Å². The third-order valence-electron chi connectivity index (χ3n) is 2.95. The Kier molecular flexibility index (Phi) is 3.02. The molecule has 1 fully saturated rings. The van der Waals surface area contributed by atoms with E-state index in [4.69, 9.17) is 0 Å². The smallest absolute Gasteiger partial charge is 0.276 e. The van der Waals surface area contributed by atoms with Crippen LogP contribution < -0.4 is 0 Å². The standard InChI is InChI=1S/C12H16N2O3/c1-12(17)5-3-7-14(8-12)11(16)10-9(15)4-2-6-13-10/h2,4,6,15,17H,3,5,7-8H2,1H3. The van der Waals surface area contributed by atoms with Gasteiger partial charge in [0.25, 0.3) is 5.91 Å². The molecule has 17 heavy (non-hydrogen) atoms. The minimum atomic E-state index is -0.849. The molecule has 2 heterocycles. The van der Waals surface area contributed by atoms with Gasteiger partial charge in [-0.1, -0.05) is 0 Å². The SMILES string of the molecule is CC1(O)CCCN(C(=O)c2ncccc2O)C1. The number of nitrogens with zero attached hydrogens (tertiary/aromatic N) is 2. The van der Waals surface area contributed by atoms with E-state index in [9.17, 15) is 15.0 Å². The summed E-state index contributed by atoms with van der Waals surface area (Å²) in [5.41, 5.74) is -0.802. The molecule has 1 aromatic heterocycles. The van der Waals surface area contributed by atoms with Gasteiger partial charge >= 0.3 is 0 Å². The van der Waals surface area contributed by atoms with E-state index in [0.717, 1.165) is 6.42 Å². The molecule has 0 spiro atoms. The molecule has 1 amide bonds. The maximum atomic E-state index is 12.1. The second kappa shape index (κ2) is 4.33. The van der Waals surface area contributed by atoms with Crippen molar-refractivity contribution in [3.8, 4) is 5.75 Å². The third kappa shape index (κ3) is 2.55. The highest BCUT2D eigenvalue weighted by Crippen LogP contribution is 2.23. The highest BCUT2D eigenvalue weighted by atomic mass is 16.3. The van der Waals surface area contributed by atoms with E-state index in [1.54, 1.807) is 13.0 Å². The Hall–Kier alpha value is -1.62. The number of hydrogen-bond donors (Lipinski definition) is 2. The van der Waals surface area contributed by atoms with Crippen molar-refractivity contribution >= 4 is 5.91 Å². The lowest BCUT2D eigenvalue weighted by molar-refractivity contribution is -0.0110. The number of β-amino-alcohol motifs (C(OH)–C–C–N with tert-alkyl or cyclic N) is 1. The number of rotatable bonds is 1. The van der Waals surface area contributed by atoms with Crippen LogP contribution in [0, 0.1) is 0 Å². The number of amides is 1. The molecule has 1 atom stereocenters. The molecule has 5 heteroatoms. The molecule has 0 aliphatic carbocycles. The fourth-order valence-electron chi connectivity index (χ4n) is 2.10. The average Bonchev–Trinajstić information content (AvgIpc) is 2.27. The summed E-state index contributed by atoms with van der Waals surface area (Å²) in [4.78, 5) is 17.5. The molecule has 0 aromatic carbocycles. The van der Waals surface area contributed by atoms with E-state index in [0.29, 0.717) is 13.0 Å². The monoisotopic (exact) mass is 236 g/mol. The molecule has 2 N–H and O–H groups in total. The number of carbonyl (C=O) groups is 1. The summed E-state index contributed by atoms with van der Waals surface area (Å²) in [5, 5.41) is 19.5. The zero-order valence-corrected chi connectivity index (χ0v) is 9.76. The van der Waals surface area contributed by atoms with Crippen molar-refractivity contribution in [3.63, 3.8) is 0 Å². The quantitative estimate of drug-likeness (QED) is 0.755. The molecule has 1 aromatic rings. The van der Waals surface area contributed by atoms with Crippen molar-refractivity contribution in [1.82, 2.24) is 9.88 Å². The van der Waals surface area contributed by atoms with Gasteiger partial charge in [0.2, 0.25) is 0 Å². The molecule has 1 unspecified atom stereocenters. The molecule has 0 saturated carbocycles. The van der Waals surface area contributed by atoms with Gasteiger partial charge in [0.05, 0.1) is 5.60 Å². The van der Waals surface area contributed by atoms with Crippen molar-refractivity contribution < 1.29 is 15.0 Å². The highest BCUT2D eigenvalue weighted by Gasteiger charge is 2.32. The number of aromatic nitrogens is 1. The Balaban J connectivity index is 2.18. The first-order valence-corrected chi connectivity index (χ1v) is 5.65. The Labute approximate surface area is 99.7 Å². The average molecular weight is 236 g/mol. The van der Waals surface area contributed by atoms with E-state index < -0.39 is 5.60 Å². The van der Waals surface area contributed by atoms with Crippen LogP contribution in [-0.2, 0) is 0 Å². The van der Waals surface area contributed by atoms with Crippen LogP contribution in [0.3, 0.4) is 0 Å². The predicted octanol–water partition coefficient (Wildman–Crippen LogP) is 0.774. The normalized spacial score (nSPS) is 24.7. The Bertz CT molecular complexity index is 432. The van der Waals surface area contributed by atoms with Gasteiger partial charge in [-0.05, 0) is 31.9 Å². The van der Waals surface area contributed by atoms with Crippen LogP contribution in [0.25, 0.3) is 0 Å². The van der Waals surface area contributed by atoms with Crippen LogP contribution >= 0.6 is 0 Å². The topological polar surface area (TPSA) is 73.7 Å². The van der Waals surface area contributed by atoms with Crippen LogP contribution in [0.2, 0.25) is 0 Å². The van der Waals surface area contributed by atoms with Gasteiger partial charge < -0.3 is 15.1 Å². The third-order valence-corrected chi connectivity index (χ3v) is 2.95. The largest absolute Gasteiger partial charge is 0.505 e. The Morgan fingerprint density at radius 1 is 1.59 bits per heavy atom. The molecule has 92 valence electrons. The van der Waals surface area contributed by atoms with Crippen LogP contribution in [0.1, 0.15) is 30.3 Å². The Morgan fingerprint density at radius 3 is 3.00 bits per heavy atom. The summed E-state index contributed by atoms with van der Waals surface area (Å²) in [6.45, 7) is 2.58. The van der Waals surface area contributed by atoms with E-state index in [1.807, 2.05) is 0 Å². The molecular weight excluding hydrogens is 220 g/mol. The summed E-state index contributed by atoms with van der Waals surface area (Å²) < 4.78 is 0. The first-order valence-electron chi connectivity index (χ1n) is 5.65. The van der Waals surface area contributed by atoms with Crippen LogP contribution in [0.15, 0.2) is 18.3 Å². The molecule has 5 nitrogen and oxygen atoms in total. The number of hydrogen-bond acceptors (Lipinski definition) is 4. The number of aromatic hydroxyl groups is 1. The second-order valence-electron chi connectivity index (χ2n) is 4.70. The zero-order chi connectivity index (χ0) is 12.5. The first kappa shape index (κ1) is 11.9. The van der Waals surface area contributed by atoms with Gasteiger partial charge in [-0.25, -0.2) is 4.98 Å². The number of pyridine rings is 1.